The van der Waals surface area contributed by atoms with E-state index in [0.29, 0.717) is 19.3 Å². The second-order valence-corrected chi connectivity index (χ2v) is 14.3. The van der Waals surface area contributed by atoms with Crippen molar-refractivity contribution in [2.24, 2.45) is 0 Å². The van der Waals surface area contributed by atoms with Gasteiger partial charge in [-0.1, -0.05) is 174 Å². The van der Waals surface area contributed by atoms with Crippen LogP contribution in [0.25, 0.3) is 0 Å². The average Bonchev–Trinajstić information content (AvgIpc) is 3.09. The number of allylic oxidation sites excluding steroid dienone is 2. The lowest BCUT2D eigenvalue weighted by Gasteiger charge is -2.18. The maximum atomic E-state index is 12.6. The van der Waals surface area contributed by atoms with Gasteiger partial charge in [-0.15, -0.1) is 0 Å². The number of carbonyl (C=O) groups is 3. The van der Waals surface area contributed by atoms with Crippen LogP contribution < -0.4 is 0 Å². The van der Waals surface area contributed by atoms with Crippen molar-refractivity contribution in [3.8, 4) is 0 Å². The van der Waals surface area contributed by atoms with Gasteiger partial charge < -0.3 is 14.2 Å². The van der Waals surface area contributed by atoms with Crippen LogP contribution >= 0.6 is 0 Å². The summed E-state index contributed by atoms with van der Waals surface area (Å²) < 4.78 is 16.5. The molecule has 0 aromatic heterocycles. The number of rotatable bonds is 38. The lowest BCUT2D eigenvalue weighted by molar-refractivity contribution is -0.167. The highest BCUT2D eigenvalue weighted by atomic mass is 16.6. The van der Waals surface area contributed by atoms with Crippen LogP contribution in [0.1, 0.15) is 226 Å². The van der Waals surface area contributed by atoms with Crippen molar-refractivity contribution in [3.05, 3.63) is 12.2 Å². The molecule has 0 saturated carbocycles. The first-order valence-electron chi connectivity index (χ1n) is 21.2. The Hall–Kier alpha value is -1.85. The minimum absolute atomic E-state index is 0.0710. The van der Waals surface area contributed by atoms with Gasteiger partial charge in [-0.25, -0.2) is 0 Å². The second kappa shape index (κ2) is 38.9. The standard InChI is InChI=1S/C43H80O6/c1-4-7-10-13-15-17-19-20-21-22-24-25-27-30-33-36-42(45)48-39-40(38-47-41(44)35-32-29-12-9-6-3)49-43(46)37-34-31-28-26-23-18-16-14-11-8-5-2/h20-21,40H,4-19,22-39H2,1-3H3/b21-20-. The average molecular weight is 693 g/mol. The van der Waals surface area contributed by atoms with E-state index in [9.17, 15) is 14.4 Å². The quantitative estimate of drug-likeness (QED) is 0.0277. The molecule has 0 amide bonds. The van der Waals surface area contributed by atoms with Crippen LogP contribution in [0.4, 0.5) is 0 Å². The van der Waals surface area contributed by atoms with Crippen LogP contribution in [-0.4, -0.2) is 37.2 Å². The Labute approximate surface area is 303 Å². The Balaban J connectivity index is 4.23. The normalized spacial score (nSPS) is 12.0. The lowest BCUT2D eigenvalue weighted by atomic mass is 10.1. The number of hydrogen-bond donors (Lipinski definition) is 0. The van der Waals surface area contributed by atoms with Crippen LogP contribution in [0.5, 0.6) is 0 Å². The van der Waals surface area contributed by atoms with E-state index >= 15 is 0 Å². The molecule has 6 nitrogen and oxygen atoms in total. The van der Waals surface area contributed by atoms with Gasteiger partial charge in [-0.3, -0.25) is 14.4 Å². The SMILES string of the molecule is CCCCCCCC/C=C\CCCCCCCC(=O)OCC(COC(=O)CCCCCCC)OC(=O)CCCCCCCCCCCCC. The Morgan fingerprint density at radius 3 is 1.02 bits per heavy atom. The first kappa shape index (κ1) is 47.1. The van der Waals surface area contributed by atoms with E-state index in [0.717, 1.165) is 70.6 Å². The Kier molecular flexibility index (Phi) is 37.5. The summed E-state index contributed by atoms with van der Waals surface area (Å²) in [6.45, 7) is 6.53. The molecule has 0 fully saturated rings. The molecule has 1 unspecified atom stereocenters. The fraction of sp³-hybridized carbons (Fsp3) is 0.884. The van der Waals surface area contributed by atoms with Crippen molar-refractivity contribution < 1.29 is 28.6 Å². The van der Waals surface area contributed by atoms with Crippen molar-refractivity contribution in [1.82, 2.24) is 0 Å². The van der Waals surface area contributed by atoms with Gasteiger partial charge in [-0.2, -0.15) is 0 Å². The van der Waals surface area contributed by atoms with Crippen molar-refractivity contribution in [3.63, 3.8) is 0 Å². The molecule has 0 spiro atoms. The zero-order chi connectivity index (χ0) is 35.9. The number of carbonyl (C=O) groups excluding carboxylic acids is 3. The lowest BCUT2D eigenvalue weighted by Crippen LogP contribution is -2.30. The molecule has 0 rings (SSSR count). The summed E-state index contributed by atoms with van der Waals surface area (Å²) >= 11 is 0. The third-order valence-corrected chi connectivity index (χ3v) is 9.27. The highest BCUT2D eigenvalue weighted by Gasteiger charge is 2.19. The zero-order valence-electron chi connectivity index (χ0n) is 32.7. The van der Waals surface area contributed by atoms with Crippen LogP contribution in [0.15, 0.2) is 12.2 Å². The van der Waals surface area contributed by atoms with Crippen molar-refractivity contribution in [1.29, 1.82) is 0 Å². The maximum absolute atomic E-state index is 12.6. The van der Waals surface area contributed by atoms with E-state index in [1.807, 2.05) is 0 Å². The number of hydrogen-bond acceptors (Lipinski definition) is 6. The monoisotopic (exact) mass is 693 g/mol. The molecule has 0 radical (unpaired) electrons. The summed E-state index contributed by atoms with van der Waals surface area (Å²) in [4.78, 5) is 37.3. The molecular formula is C43H80O6. The van der Waals surface area contributed by atoms with Gasteiger partial charge >= 0.3 is 17.9 Å². The van der Waals surface area contributed by atoms with Gasteiger partial charge in [0.2, 0.25) is 0 Å². The smallest absolute Gasteiger partial charge is 0.306 e. The van der Waals surface area contributed by atoms with Gasteiger partial charge in [0, 0.05) is 19.3 Å². The molecule has 49 heavy (non-hydrogen) atoms. The van der Waals surface area contributed by atoms with Gasteiger partial charge in [-0.05, 0) is 44.9 Å². The minimum Gasteiger partial charge on any atom is -0.462 e. The van der Waals surface area contributed by atoms with Gasteiger partial charge in [0.15, 0.2) is 6.10 Å². The fourth-order valence-electron chi connectivity index (χ4n) is 6.02. The van der Waals surface area contributed by atoms with Gasteiger partial charge in [0.05, 0.1) is 0 Å². The molecule has 0 aliphatic carbocycles. The fourth-order valence-corrected chi connectivity index (χ4v) is 6.02. The third-order valence-electron chi connectivity index (χ3n) is 9.27. The molecule has 0 aliphatic rings. The van der Waals surface area contributed by atoms with Crippen molar-refractivity contribution >= 4 is 17.9 Å². The predicted octanol–water partition coefficient (Wildman–Crippen LogP) is 13.1. The van der Waals surface area contributed by atoms with E-state index in [1.165, 1.54) is 116 Å². The van der Waals surface area contributed by atoms with Crippen LogP contribution in [-0.2, 0) is 28.6 Å². The highest BCUT2D eigenvalue weighted by molar-refractivity contribution is 5.71. The predicted molar refractivity (Wildman–Crippen MR) is 206 cm³/mol. The molecule has 288 valence electrons. The highest BCUT2D eigenvalue weighted by Crippen LogP contribution is 2.14. The molecule has 0 N–H and O–H groups in total. The molecule has 1 atom stereocenters. The van der Waals surface area contributed by atoms with E-state index in [1.54, 1.807) is 0 Å². The van der Waals surface area contributed by atoms with Crippen molar-refractivity contribution in [2.75, 3.05) is 13.2 Å². The number of unbranched alkanes of at least 4 members (excludes halogenated alkanes) is 25. The van der Waals surface area contributed by atoms with Crippen LogP contribution in [0.3, 0.4) is 0 Å². The van der Waals surface area contributed by atoms with Gasteiger partial charge in [0.1, 0.15) is 13.2 Å². The summed E-state index contributed by atoms with van der Waals surface area (Å²) in [5.74, 6) is -0.890. The topological polar surface area (TPSA) is 78.9 Å². The Morgan fingerprint density at radius 2 is 0.673 bits per heavy atom. The summed E-state index contributed by atoms with van der Waals surface area (Å²) in [5.41, 5.74) is 0. The Bertz CT molecular complexity index is 763. The maximum Gasteiger partial charge on any atom is 0.306 e. The van der Waals surface area contributed by atoms with Crippen molar-refractivity contribution in [2.45, 2.75) is 232 Å². The Morgan fingerprint density at radius 1 is 0.388 bits per heavy atom. The molecule has 0 aromatic rings. The zero-order valence-corrected chi connectivity index (χ0v) is 32.7. The van der Waals surface area contributed by atoms with E-state index in [2.05, 4.69) is 32.9 Å². The molecule has 0 aromatic carbocycles. The summed E-state index contributed by atoms with van der Waals surface area (Å²) in [5, 5.41) is 0. The summed E-state index contributed by atoms with van der Waals surface area (Å²) in [7, 11) is 0. The summed E-state index contributed by atoms with van der Waals surface area (Å²) in [6, 6.07) is 0. The third kappa shape index (κ3) is 37.2. The first-order valence-corrected chi connectivity index (χ1v) is 21.2. The molecule has 6 heteroatoms. The van der Waals surface area contributed by atoms with E-state index in [-0.39, 0.29) is 31.1 Å². The second-order valence-electron chi connectivity index (χ2n) is 14.3. The largest absolute Gasteiger partial charge is 0.462 e. The summed E-state index contributed by atoms with van der Waals surface area (Å²) in [6.07, 6.45) is 39.3. The molecular weight excluding hydrogens is 612 g/mol. The molecule has 0 saturated heterocycles. The van der Waals surface area contributed by atoms with Crippen LogP contribution in [0, 0.1) is 0 Å². The number of esters is 3. The number of ether oxygens (including phenoxy) is 3. The van der Waals surface area contributed by atoms with E-state index < -0.39 is 6.10 Å². The molecule has 0 heterocycles. The molecule has 0 bridgehead atoms. The molecule has 0 aliphatic heterocycles. The van der Waals surface area contributed by atoms with Crippen LogP contribution in [0.2, 0.25) is 0 Å². The van der Waals surface area contributed by atoms with E-state index in [4.69, 9.17) is 14.2 Å². The minimum atomic E-state index is -0.762. The first-order chi connectivity index (χ1) is 24.0. The van der Waals surface area contributed by atoms with Gasteiger partial charge in [0.25, 0.3) is 0 Å².